The highest BCUT2D eigenvalue weighted by Crippen LogP contribution is 2.35. The second-order valence-electron chi connectivity index (χ2n) is 4.66. The fourth-order valence-corrected chi connectivity index (χ4v) is 2.77. The highest BCUT2D eigenvalue weighted by molar-refractivity contribution is 6.29. The Morgan fingerprint density at radius 1 is 0.722 bits per heavy atom. The zero-order chi connectivity index (χ0) is 12.9. The molecule has 0 aliphatic heterocycles. The van der Waals surface area contributed by atoms with Crippen LogP contribution >= 0.6 is 0 Å². The number of hydrogen-bond donors (Lipinski definition) is 0. The van der Waals surface area contributed by atoms with Gasteiger partial charge in [-0.25, -0.2) is 0 Å². The van der Waals surface area contributed by atoms with Crippen molar-refractivity contribution in [2.45, 2.75) is 12.8 Å². The molecule has 0 radical (unpaired) electrons. The molecule has 4 nitrogen and oxygen atoms in total. The molecular weight excluding hydrogens is 232 g/mol. The summed E-state index contributed by atoms with van der Waals surface area (Å²) in [6, 6.07) is 6.38. The largest absolute Gasteiger partial charge is 0.299 e. The Bertz CT molecular complexity index is 547. The van der Waals surface area contributed by atoms with Gasteiger partial charge in [-0.3, -0.25) is 19.2 Å². The lowest BCUT2D eigenvalue weighted by Gasteiger charge is -2.31. The molecule has 2 aliphatic carbocycles. The standard InChI is InChI=1S/C14H10O4/c15-9-5-6-10(16)12-11(9)13(17)7-3-1-2-4-8(7)14(12)18/h1-4,11-12H,5-6H2/t11-,12+. The summed E-state index contributed by atoms with van der Waals surface area (Å²) < 4.78 is 0. The van der Waals surface area contributed by atoms with Crippen molar-refractivity contribution in [3.63, 3.8) is 0 Å². The average molecular weight is 242 g/mol. The number of ketones is 4. The first-order valence-corrected chi connectivity index (χ1v) is 5.84. The van der Waals surface area contributed by atoms with E-state index in [9.17, 15) is 19.2 Å². The first kappa shape index (κ1) is 11.0. The molecule has 1 aromatic carbocycles. The van der Waals surface area contributed by atoms with E-state index in [4.69, 9.17) is 0 Å². The van der Waals surface area contributed by atoms with E-state index in [0.717, 1.165) is 0 Å². The van der Waals surface area contributed by atoms with Gasteiger partial charge in [-0.1, -0.05) is 24.3 Å². The van der Waals surface area contributed by atoms with Crippen LogP contribution < -0.4 is 0 Å². The van der Waals surface area contributed by atoms with Crippen LogP contribution in [0.25, 0.3) is 0 Å². The van der Waals surface area contributed by atoms with Gasteiger partial charge < -0.3 is 0 Å². The van der Waals surface area contributed by atoms with Crippen molar-refractivity contribution in [3.8, 4) is 0 Å². The number of Topliss-reactive ketones (excluding diaryl/α,β-unsaturated/α-hetero) is 4. The molecule has 0 spiro atoms. The second-order valence-corrected chi connectivity index (χ2v) is 4.66. The zero-order valence-corrected chi connectivity index (χ0v) is 9.51. The van der Waals surface area contributed by atoms with Gasteiger partial charge in [0.1, 0.15) is 11.6 Å². The summed E-state index contributed by atoms with van der Waals surface area (Å²) in [6.07, 6.45) is 0.141. The minimum absolute atomic E-state index is 0.0706. The van der Waals surface area contributed by atoms with Crippen molar-refractivity contribution >= 4 is 23.1 Å². The lowest BCUT2D eigenvalue weighted by molar-refractivity contribution is -0.134. The fraction of sp³-hybridized carbons (Fsp3) is 0.286. The minimum atomic E-state index is -1.08. The molecule has 0 unspecified atom stereocenters. The summed E-state index contributed by atoms with van der Waals surface area (Å²) in [5, 5.41) is 0. The lowest BCUT2D eigenvalue weighted by atomic mass is 9.66. The fourth-order valence-electron chi connectivity index (χ4n) is 2.77. The van der Waals surface area contributed by atoms with Gasteiger partial charge in [0.15, 0.2) is 11.6 Å². The predicted molar refractivity (Wildman–Crippen MR) is 61.3 cm³/mol. The van der Waals surface area contributed by atoms with Gasteiger partial charge in [-0.15, -0.1) is 0 Å². The summed E-state index contributed by atoms with van der Waals surface area (Å²) >= 11 is 0. The van der Waals surface area contributed by atoms with E-state index in [1.165, 1.54) is 12.1 Å². The molecule has 1 saturated carbocycles. The maximum atomic E-state index is 12.2. The summed E-state index contributed by atoms with van der Waals surface area (Å²) in [5.41, 5.74) is 0.540. The van der Waals surface area contributed by atoms with E-state index < -0.39 is 11.8 Å². The quantitative estimate of drug-likeness (QED) is 0.642. The molecule has 0 N–H and O–H groups in total. The zero-order valence-electron chi connectivity index (χ0n) is 9.51. The van der Waals surface area contributed by atoms with Gasteiger partial charge in [0.2, 0.25) is 0 Å². The first-order chi connectivity index (χ1) is 8.61. The van der Waals surface area contributed by atoms with Crippen LogP contribution in [0.5, 0.6) is 0 Å². The second kappa shape index (κ2) is 3.70. The molecule has 18 heavy (non-hydrogen) atoms. The van der Waals surface area contributed by atoms with Crippen LogP contribution in [0.2, 0.25) is 0 Å². The number of benzene rings is 1. The molecule has 0 heterocycles. The maximum absolute atomic E-state index is 12.2. The summed E-state index contributed by atoms with van der Waals surface area (Å²) in [5.74, 6) is -3.48. The molecule has 1 fully saturated rings. The van der Waals surface area contributed by atoms with E-state index in [1.807, 2.05) is 0 Å². The Morgan fingerprint density at radius 3 is 1.50 bits per heavy atom. The Balaban J connectivity index is 2.21. The van der Waals surface area contributed by atoms with Gasteiger partial charge in [0.25, 0.3) is 0 Å². The Labute approximate surface area is 103 Å². The van der Waals surface area contributed by atoms with Gasteiger partial charge in [-0.05, 0) is 0 Å². The van der Waals surface area contributed by atoms with Crippen LogP contribution in [-0.4, -0.2) is 23.1 Å². The van der Waals surface area contributed by atoms with Gasteiger partial charge >= 0.3 is 0 Å². The van der Waals surface area contributed by atoms with Crippen molar-refractivity contribution in [2.24, 2.45) is 11.8 Å². The van der Waals surface area contributed by atoms with Crippen LogP contribution in [-0.2, 0) is 9.59 Å². The molecule has 0 amide bonds. The topological polar surface area (TPSA) is 68.3 Å². The molecule has 0 aromatic heterocycles. The molecule has 3 rings (SSSR count). The van der Waals surface area contributed by atoms with E-state index >= 15 is 0 Å². The predicted octanol–water partition coefficient (Wildman–Crippen LogP) is 1.23. The van der Waals surface area contributed by atoms with E-state index in [0.29, 0.717) is 0 Å². The van der Waals surface area contributed by atoms with Crippen LogP contribution in [0.15, 0.2) is 24.3 Å². The SMILES string of the molecule is O=C1CCC(=O)[C@H]2C(=O)c3ccccc3C(=O)[C@@H]12. The third kappa shape index (κ3) is 1.32. The third-order valence-electron chi connectivity index (χ3n) is 3.67. The normalized spacial score (nSPS) is 26.9. The minimum Gasteiger partial charge on any atom is -0.299 e. The van der Waals surface area contributed by atoms with Crippen LogP contribution in [0.1, 0.15) is 33.6 Å². The molecule has 1 aromatic rings. The van der Waals surface area contributed by atoms with E-state index in [-0.39, 0.29) is 47.1 Å². The highest BCUT2D eigenvalue weighted by Gasteiger charge is 2.50. The number of carbonyl (C=O) groups excluding carboxylic acids is 4. The molecule has 0 bridgehead atoms. The average Bonchev–Trinajstić information content (AvgIpc) is 2.38. The third-order valence-corrected chi connectivity index (χ3v) is 3.67. The van der Waals surface area contributed by atoms with Crippen molar-refractivity contribution in [2.75, 3.05) is 0 Å². The number of fused-ring (bicyclic) bond motifs is 2. The molecule has 90 valence electrons. The lowest BCUT2D eigenvalue weighted by Crippen LogP contribution is -2.48. The molecule has 4 heteroatoms. The van der Waals surface area contributed by atoms with Crippen molar-refractivity contribution in [3.05, 3.63) is 35.4 Å². The summed E-state index contributed by atoms with van der Waals surface area (Å²) in [4.78, 5) is 48.1. The Kier molecular flexibility index (Phi) is 2.26. The number of rotatable bonds is 0. The molecule has 2 aliphatic rings. The van der Waals surface area contributed by atoms with Gasteiger partial charge in [0.05, 0.1) is 11.8 Å². The molecule has 2 atom stereocenters. The van der Waals surface area contributed by atoms with Crippen LogP contribution in [0, 0.1) is 11.8 Å². The monoisotopic (exact) mass is 242 g/mol. The van der Waals surface area contributed by atoms with Gasteiger partial charge in [0, 0.05) is 24.0 Å². The molecular formula is C14H10O4. The number of carbonyl (C=O) groups is 4. The summed E-state index contributed by atoms with van der Waals surface area (Å²) in [7, 11) is 0. The first-order valence-electron chi connectivity index (χ1n) is 5.84. The van der Waals surface area contributed by atoms with Crippen LogP contribution in [0.4, 0.5) is 0 Å². The van der Waals surface area contributed by atoms with E-state index in [2.05, 4.69) is 0 Å². The van der Waals surface area contributed by atoms with Crippen molar-refractivity contribution in [1.82, 2.24) is 0 Å². The summed E-state index contributed by atoms with van der Waals surface area (Å²) in [6.45, 7) is 0. The van der Waals surface area contributed by atoms with Gasteiger partial charge in [-0.2, -0.15) is 0 Å². The Morgan fingerprint density at radius 2 is 1.11 bits per heavy atom. The van der Waals surface area contributed by atoms with Crippen molar-refractivity contribution < 1.29 is 19.2 Å². The van der Waals surface area contributed by atoms with Crippen LogP contribution in [0.3, 0.4) is 0 Å². The number of hydrogen-bond acceptors (Lipinski definition) is 4. The Hall–Kier alpha value is -2.10. The maximum Gasteiger partial charge on any atom is 0.175 e. The van der Waals surface area contributed by atoms with Crippen molar-refractivity contribution in [1.29, 1.82) is 0 Å². The molecule has 0 saturated heterocycles. The highest BCUT2D eigenvalue weighted by atomic mass is 16.2. The smallest absolute Gasteiger partial charge is 0.175 e. The van der Waals surface area contributed by atoms with E-state index in [1.54, 1.807) is 12.1 Å².